The Labute approximate surface area is 214 Å². The smallest absolute Gasteiger partial charge is 0.449 e. The van der Waals surface area contributed by atoms with E-state index in [9.17, 15) is 9.18 Å². The molecule has 35 heavy (non-hydrogen) atoms. The van der Waals surface area contributed by atoms with Crippen molar-refractivity contribution >= 4 is 6.16 Å². The second kappa shape index (κ2) is 17.8. The lowest BCUT2D eigenvalue weighted by Crippen LogP contribution is -2.15. The highest BCUT2D eigenvalue weighted by Gasteiger charge is 2.21. The standard InChI is InChI=1S/C20H29FO3.C11H22/c1-2-3-4-5-15-6-8-16(9-7-15)10-11-17-12-13-18(14-19(17)21)24-20(22)23;1-2-3-5-8-11-9-6-4-7-10-11/h12-16H,2-11H2,1H3,(H,22,23);11H,2-10H2,1H3. The monoisotopic (exact) mass is 490 g/mol. The number of aryl methyl sites for hydroxylation is 1. The van der Waals surface area contributed by atoms with Gasteiger partial charge in [-0.3, -0.25) is 0 Å². The van der Waals surface area contributed by atoms with Crippen LogP contribution in [-0.4, -0.2) is 11.3 Å². The number of halogens is 1. The summed E-state index contributed by atoms with van der Waals surface area (Å²) in [7, 11) is 0. The summed E-state index contributed by atoms with van der Waals surface area (Å²) in [6.45, 7) is 4.54. The Bertz CT molecular complexity index is 690. The molecule has 1 aromatic rings. The molecular formula is C31H51FO3. The second-order valence-electron chi connectivity index (χ2n) is 11.0. The molecule has 0 atom stereocenters. The number of rotatable bonds is 12. The van der Waals surface area contributed by atoms with Crippen molar-refractivity contribution in [2.45, 2.75) is 136 Å². The fourth-order valence-electron chi connectivity index (χ4n) is 5.91. The minimum Gasteiger partial charge on any atom is -0.449 e. The number of unbranched alkanes of at least 4 members (excludes halogenated alkanes) is 4. The first-order valence-corrected chi connectivity index (χ1v) is 14.7. The molecule has 0 bridgehead atoms. The maximum Gasteiger partial charge on any atom is 0.511 e. The molecule has 0 heterocycles. The lowest BCUT2D eigenvalue weighted by molar-refractivity contribution is 0.144. The largest absolute Gasteiger partial charge is 0.511 e. The van der Waals surface area contributed by atoms with Gasteiger partial charge in [0.15, 0.2) is 0 Å². The van der Waals surface area contributed by atoms with E-state index in [0.29, 0.717) is 17.9 Å². The molecule has 200 valence electrons. The van der Waals surface area contributed by atoms with E-state index >= 15 is 0 Å². The molecule has 4 heteroatoms. The molecule has 0 aromatic heterocycles. The van der Waals surface area contributed by atoms with Crippen molar-refractivity contribution in [1.82, 2.24) is 0 Å². The van der Waals surface area contributed by atoms with Crippen LogP contribution in [0.25, 0.3) is 0 Å². The van der Waals surface area contributed by atoms with Gasteiger partial charge in [0.2, 0.25) is 0 Å². The summed E-state index contributed by atoms with van der Waals surface area (Å²) in [6.07, 6.45) is 24.3. The van der Waals surface area contributed by atoms with Crippen molar-refractivity contribution in [3.63, 3.8) is 0 Å². The summed E-state index contributed by atoms with van der Waals surface area (Å²) in [6, 6.07) is 4.33. The highest BCUT2D eigenvalue weighted by Crippen LogP contribution is 2.34. The predicted octanol–water partition coefficient (Wildman–Crippen LogP) is 10.3. The maximum atomic E-state index is 14.0. The number of hydrogen-bond acceptors (Lipinski definition) is 2. The lowest BCUT2D eigenvalue weighted by Gasteiger charge is -2.28. The number of hydrogen-bond donors (Lipinski definition) is 1. The van der Waals surface area contributed by atoms with E-state index in [1.54, 1.807) is 6.07 Å². The van der Waals surface area contributed by atoms with Crippen LogP contribution in [0.2, 0.25) is 0 Å². The van der Waals surface area contributed by atoms with Crippen LogP contribution in [0.4, 0.5) is 9.18 Å². The normalized spacial score (nSPS) is 20.7. The van der Waals surface area contributed by atoms with Crippen LogP contribution in [0.1, 0.15) is 135 Å². The predicted molar refractivity (Wildman–Crippen MR) is 144 cm³/mol. The molecule has 0 saturated heterocycles. The zero-order chi connectivity index (χ0) is 25.3. The molecule has 2 aliphatic carbocycles. The Kier molecular flexibility index (Phi) is 15.1. The van der Waals surface area contributed by atoms with Crippen LogP contribution < -0.4 is 4.74 Å². The molecular weight excluding hydrogens is 439 g/mol. The Balaban J connectivity index is 0.000000328. The Hall–Kier alpha value is -1.58. The van der Waals surface area contributed by atoms with Gasteiger partial charge in [-0.05, 0) is 42.2 Å². The molecule has 1 N–H and O–H groups in total. The second-order valence-corrected chi connectivity index (χ2v) is 11.0. The topological polar surface area (TPSA) is 46.5 Å². The average Bonchev–Trinajstić information content (AvgIpc) is 2.85. The molecule has 0 unspecified atom stereocenters. The molecule has 0 aliphatic heterocycles. The van der Waals surface area contributed by atoms with Crippen molar-refractivity contribution in [1.29, 1.82) is 0 Å². The third-order valence-electron chi connectivity index (χ3n) is 8.17. The molecule has 3 rings (SSSR count). The summed E-state index contributed by atoms with van der Waals surface area (Å²) in [5, 5.41) is 8.55. The fourth-order valence-corrected chi connectivity index (χ4v) is 5.91. The molecule has 2 fully saturated rings. The van der Waals surface area contributed by atoms with Crippen LogP contribution in [-0.2, 0) is 6.42 Å². The number of ether oxygens (including phenoxy) is 1. The maximum absolute atomic E-state index is 14.0. The Morgan fingerprint density at radius 1 is 0.829 bits per heavy atom. The van der Waals surface area contributed by atoms with Gasteiger partial charge in [-0.2, -0.15) is 0 Å². The summed E-state index contributed by atoms with van der Waals surface area (Å²) in [5.74, 6) is 2.37. The molecule has 1 aromatic carbocycles. The summed E-state index contributed by atoms with van der Waals surface area (Å²) in [5.41, 5.74) is 0.651. The third-order valence-corrected chi connectivity index (χ3v) is 8.17. The third kappa shape index (κ3) is 12.8. The molecule has 3 nitrogen and oxygen atoms in total. The van der Waals surface area contributed by atoms with Gasteiger partial charge in [0.05, 0.1) is 0 Å². The van der Waals surface area contributed by atoms with E-state index in [-0.39, 0.29) is 11.6 Å². The van der Waals surface area contributed by atoms with Crippen LogP contribution in [0.15, 0.2) is 18.2 Å². The lowest BCUT2D eigenvalue weighted by atomic mass is 9.78. The van der Waals surface area contributed by atoms with E-state index < -0.39 is 6.16 Å². The molecule has 0 radical (unpaired) electrons. The van der Waals surface area contributed by atoms with Gasteiger partial charge >= 0.3 is 6.16 Å². The van der Waals surface area contributed by atoms with Gasteiger partial charge in [0.1, 0.15) is 11.6 Å². The SMILES string of the molecule is CCCCCC1CCC(CCc2ccc(OC(=O)O)cc2F)CC1.CCCCCC1CCCCC1. The Morgan fingerprint density at radius 2 is 1.37 bits per heavy atom. The molecule has 0 amide bonds. The summed E-state index contributed by atoms with van der Waals surface area (Å²) >= 11 is 0. The van der Waals surface area contributed by atoms with Gasteiger partial charge in [-0.1, -0.05) is 129 Å². The molecule has 0 spiro atoms. The van der Waals surface area contributed by atoms with Crippen molar-refractivity contribution in [3.8, 4) is 5.75 Å². The zero-order valence-corrected chi connectivity index (χ0v) is 22.5. The van der Waals surface area contributed by atoms with E-state index in [0.717, 1.165) is 24.3 Å². The van der Waals surface area contributed by atoms with E-state index in [1.807, 2.05) is 0 Å². The van der Waals surface area contributed by atoms with Crippen LogP contribution in [0.5, 0.6) is 5.75 Å². The van der Waals surface area contributed by atoms with Crippen molar-refractivity contribution < 1.29 is 19.0 Å². The van der Waals surface area contributed by atoms with Crippen LogP contribution in [0, 0.1) is 23.6 Å². The van der Waals surface area contributed by atoms with Gasteiger partial charge < -0.3 is 9.84 Å². The first-order chi connectivity index (χ1) is 17.0. The zero-order valence-electron chi connectivity index (χ0n) is 22.5. The fraction of sp³-hybridized carbons (Fsp3) is 0.774. The van der Waals surface area contributed by atoms with Crippen molar-refractivity contribution in [3.05, 3.63) is 29.6 Å². The van der Waals surface area contributed by atoms with Crippen molar-refractivity contribution in [2.24, 2.45) is 17.8 Å². The first kappa shape index (κ1) is 29.6. The minimum atomic E-state index is -1.42. The van der Waals surface area contributed by atoms with E-state index in [1.165, 1.54) is 115 Å². The number of carboxylic acid groups (broad SMARTS) is 1. The minimum absolute atomic E-state index is 0.0383. The van der Waals surface area contributed by atoms with Gasteiger partial charge in [0.25, 0.3) is 0 Å². The molecule has 2 saturated carbocycles. The Morgan fingerprint density at radius 3 is 1.89 bits per heavy atom. The first-order valence-electron chi connectivity index (χ1n) is 14.7. The molecule has 2 aliphatic rings. The highest BCUT2D eigenvalue weighted by atomic mass is 19.1. The quantitative estimate of drug-likeness (QED) is 0.180. The summed E-state index contributed by atoms with van der Waals surface area (Å²) < 4.78 is 18.5. The van der Waals surface area contributed by atoms with E-state index in [2.05, 4.69) is 18.6 Å². The van der Waals surface area contributed by atoms with Gasteiger partial charge in [0, 0.05) is 6.07 Å². The summed E-state index contributed by atoms with van der Waals surface area (Å²) in [4.78, 5) is 10.5. The van der Waals surface area contributed by atoms with Crippen LogP contribution >= 0.6 is 0 Å². The van der Waals surface area contributed by atoms with Gasteiger partial charge in [-0.25, -0.2) is 9.18 Å². The number of benzene rings is 1. The average molecular weight is 491 g/mol. The van der Waals surface area contributed by atoms with Crippen LogP contribution in [0.3, 0.4) is 0 Å². The van der Waals surface area contributed by atoms with Gasteiger partial charge in [-0.15, -0.1) is 0 Å². The van der Waals surface area contributed by atoms with Crippen molar-refractivity contribution in [2.75, 3.05) is 0 Å². The highest BCUT2D eigenvalue weighted by molar-refractivity contribution is 5.61. The number of carbonyl (C=O) groups is 1. The van der Waals surface area contributed by atoms with E-state index in [4.69, 9.17) is 5.11 Å².